The molecule has 0 amide bonds. The molecule has 1 aliphatic carbocycles. The maximum absolute atomic E-state index is 13.1. The molecule has 2 nitrogen and oxygen atoms in total. The summed E-state index contributed by atoms with van der Waals surface area (Å²) in [6.07, 6.45) is 2.54. The Hall–Kier alpha value is -0.920. The number of halogens is 2. The largest absolute Gasteiger partial charge is 0.387 e. The molecule has 1 aromatic carbocycles. The highest BCUT2D eigenvalue weighted by Crippen LogP contribution is 2.51. The average molecular weight is 326 g/mol. The molecule has 0 spiro atoms. The van der Waals surface area contributed by atoms with Crippen LogP contribution in [0, 0.1) is 28.5 Å². The molecular weight excluding hydrogens is 309 g/mol. The molecule has 2 rings (SSSR count). The molecule has 0 heterocycles. The average Bonchev–Trinajstić information content (AvgIpc) is 2.83. The van der Waals surface area contributed by atoms with Gasteiger partial charge in [0, 0.05) is 4.47 Å². The number of benzene rings is 1. The second-order valence-corrected chi connectivity index (χ2v) is 6.21. The van der Waals surface area contributed by atoms with Crippen molar-refractivity contribution < 1.29 is 9.50 Å². The number of nitrogens with zero attached hydrogens (tertiary/aromatic N) is 1. The van der Waals surface area contributed by atoms with Crippen molar-refractivity contribution in [3.63, 3.8) is 0 Å². The summed E-state index contributed by atoms with van der Waals surface area (Å²) in [4.78, 5) is 0. The van der Waals surface area contributed by atoms with Crippen molar-refractivity contribution in [2.75, 3.05) is 0 Å². The van der Waals surface area contributed by atoms with Crippen molar-refractivity contribution in [2.24, 2.45) is 11.3 Å². The number of aliphatic hydroxyl groups excluding tert-OH is 1. The zero-order chi connectivity index (χ0) is 14.0. The Morgan fingerprint density at radius 1 is 1.63 bits per heavy atom. The summed E-state index contributed by atoms with van der Waals surface area (Å²) in [5.41, 5.74) is -0.138. The summed E-state index contributed by atoms with van der Waals surface area (Å²) in [6, 6.07) is 6.52. The highest BCUT2D eigenvalue weighted by atomic mass is 79.9. The lowest BCUT2D eigenvalue weighted by atomic mass is 9.78. The lowest BCUT2D eigenvalue weighted by Crippen LogP contribution is -2.25. The van der Waals surface area contributed by atoms with Crippen molar-refractivity contribution in [3.05, 3.63) is 34.1 Å². The molecular formula is C15H17BrFNO. The van der Waals surface area contributed by atoms with Crippen molar-refractivity contribution in [1.29, 1.82) is 5.26 Å². The van der Waals surface area contributed by atoms with E-state index in [-0.39, 0.29) is 5.82 Å². The molecule has 0 aromatic heterocycles. The van der Waals surface area contributed by atoms with Crippen LogP contribution in [0.4, 0.5) is 4.39 Å². The second kappa shape index (κ2) is 5.60. The Kier molecular flexibility index (Phi) is 4.27. The first-order valence-corrected chi connectivity index (χ1v) is 7.36. The summed E-state index contributed by atoms with van der Waals surface area (Å²) < 4.78 is 13.6. The number of aliphatic hydroxyl groups is 1. The van der Waals surface area contributed by atoms with E-state index in [0.29, 0.717) is 28.8 Å². The van der Waals surface area contributed by atoms with Crippen LogP contribution >= 0.6 is 15.9 Å². The van der Waals surface area contributed by atoms with Crippen LogP contribution in [-0.4, -0.2) is 5.11 Å². The molecule has 0 aliphatic heterocycles. The van der Waals surface area contributed by atoms with E-state index in [1.807, 2.05) is 0 Å². The molecule has 0 bridgehead atoms. The van der Waals surface area contributed by atoms with Crippen LogP contribution in [0.3, 0.4) is 0 Å². The molecule has 102 valence electrons. The third-order valence-corrected chi connectivity index (χ3v) is 4.92. The first-order chi connectivity index (χ1) is 9.02. The third-order valence-electron chi connectivity index (χ3n) is 4.23. The van der Waals surface area contributed by atoms with Gasteiger partial charge >= 0.3 is 0 Å². The Morgan fingerprint density at radius 2 is 2.37 bits per heavy atom. The predicted octanol–water partition coefficient (Wildman–Crippen LogP) is 4.34. The molecule has 19 heavy (non-hydrogen) atoms. The van der Waals surface area contributed by atoms with Gasteiger partial charge in [-0.25, -0.2) is 4.39 Å². The minimum atomic E-state index is -0.871. The van der Waals surface area contributed by atoms with Gasteiger partial charge in [0.05, 0.1) is 17.6 Å². The maximum Gasteiger partial charge on any atom is 0.124 e. The predicted molar refractivity (Wildman–Crippen MR) is 74.7 cm³/mol. The van der Waals surface area contributed by atoms with Crippen LogP contribution in [0.2, 0.25) is 0 Å². The Bertz CT molecular complexity index is 513. The molecule has 1 fully saturated rings. The SMILES string of the molecule is CCC1CCC(C#N)(C(O)c2ccc(F)cc2Br)C1. The first-order valence-electron chi connectivity index (χ1n) is 6.56. The van der Waals surface area contributed by atoms with Gasteiger partial charge in [-0.3, -0.25) is 0 Å². The molecule has 0 saturated heterocycles. The summed E-state index contributed by atoms with van der Waals surface area (Å²) in [6.45, 7) is 2.11. The van der Waals surface area contributed by atoms with E-state index in [1.54, 1.807) is 6.07 Å². The van der Waals surface area contributed by atoms with Gasteiger partial charge in [0.15, 0.2) is 0 Å². The number of hydrogen-bond acceptors (Lipinski definition) is 2. The molecule has 1 aromatic rings. The summed E-state index contributed by atoms with van der Waals surface area (Å²) in [5, 5.41) is 20.1. The number of hydrogen-bond donors (Lipinski definition) is 1. The van der Waals surface area contributed by atoms with E-state index in [0.717, 1.165) is 12.8 Å². The molecule has 1 N–H and O–H groups in total. The fraction of sp³-hybridized carbons (Fsp3) is 0.533. The molecule has 3 atom stereocenters. The monoisotopic (exact) mass is 325 g/mol. The van der Waals surface area contributed by atoms with Crippen LogP contribution in [0.25, 0.3) is 0 Å². The Morgan fingerprint density at radius 3 is 2.89 bits per heavy atom. The van der Waals surface area contributed by atoms with E-state index in [1.165, 1.54) is 12.1 Å². The zero-order valence-electron chi connectivity index (χ0n) is 10.9. The maximum atomic E-state index is 13.1. The second-order valence-electron chi connectivity index (χ2n) is 5.35. The first kappa shape index (κ1) is 14.5. The third kappa shape index (κ3) is 2.68. The highest BCUT2D eigenvalue weighted by molar-refractivity contribution is 9.10. The smallest absolute Gasteiger partial charge is 0.124 e. The fourth-order valence-corrected chi connectivity index (χ4v) is 3.53. The Balaban J connectivity index is 2.32. The minimum Gasteiger partial charge on any atom is -0.387 e. The summed E-state index contributed by atoms with van der Waals surface area (Å²) in [7, 11) is 0. The molecule has 1 saturated carbocycles. The molecule has 0 radical (unpaired) electrons. The van der Waals surface area contributed by atoms with Gasteiger partial charge in [-0.1, -0.05) is 35.3 Å². The van der Waals surface area contributed by atoms with Crippen LogP contribution < -0.4 is 0 Å². The van der Waals surface area contributed by atoms with Crippen molar-refractivity contribution >= 4 is 15.9 Å². The molecule has 1 aliphatic rings. The van der Waals surface area contributed by atoms with Crippen molar-refractivity contribution in [3.8, 4) is 6.07 Å². The standard InChI is InChI=1S/C15H17BrFNO/c1-2-10-5-6-15(8-10,9-18)14(19)12-4-3-11(17)7-13(12)16/h3-4,7,10,14,19H,2,5-6,8H2,1H3. The highest BCUT2D eigenvalue weighted by Gasteiger charge is 2.45. The number of nitriles is 1. The van der Waals surface area contributed by atoms with E-state index < -0.39 is 11.5 Å². The van der Waals surface area contributed by atoms with Gasteiger partial charge in [0.1, 0.15) is 5.82 Å². The van der Waals surface area contributed by atoms with Gasteiger partial charge in [-0.2, -0.15) is 5.26 Å². The van der Waals surface area contributed by atoms with Gasteiger partial charge in [-0.05, 0) is 42.9 Å². The van der Waals surface area contributed by atoms with Gasteiger partial charge in [0.25, 0.3) is 0 Å². The van der Waals surface area contributed by atoms with Crippen LogP contribution in [-0.2, 0) is 0 Å². The summed E-state index contributed by atoms with van der Waals surface area (Å²) >= 11 is 3.27. The minimum absolute atomic E-state index is 0.355. The molecule has 4 heteroatoms. The van der Waals surface area contributed by atoms with E-state index in [2.05, 4.69) is 28.9 Å². The van der Waals surface area contributed by atoms with Crippen molar-refractivity contribution in [1.82, 2.24) is 0 Å². The normalized spacial score (nSPS) is 28.1. The van der Waals surface area contributed by atoms with Gasteiger partial charge < -0.3 is 5.11 Å². The fourth-order valence-electron chi connectivity index (χ4n) is 2.96. The zero-order valence-corrected chi connectivity index (χ0v) is 12.5. The van der Waals surface area contributed by atoms with Crippen LogP contribution in [0.1, 0.15) is 44.3 Å². The van der Waals surface area contributed by atoms with Gasteiger partial charge in [-0.15, -0.1) is 0 Å². The quantitative estimate of drug-likeness (QED) is 0.898. The Labute approximate surface area is 121 Å². The van der Waals surface area contributed by atoms with Crippen LogP contribution in [0.5, 0.6) is 0 Å². The molecule has 3 unspecified atom stereocenters. The van der Waals surface area contributed by atoms with Gasteiger partial charge in [0.2, 0.25) is 0 Å². The van der Waals surface area contributed by atoms with Crippen LogP contribution in [0.15, 0.2) is 22.7 Å². The van der Waals surface area contributed by atoms with E-state index in [4.69, 9.17) is 0 Å². The summed E-state index contributed by atoms with van der Waals surface area (Å²) in [5.74, 6) is 0.139. The topological polar surface area (TPSA) is 44.0 Å². The van der Waals surface area contributed by atoms with Crippen molar-refractivity contribution in [2.45, 2.75) is 38.7 Å². The van der Waals surface area contributed by atoms with E-state index >= 15 is 0 Å². The lowest BCUT2D eigenvalue weighted by Gasteiger charge is -2.28. The lowest BCUT2D eigenvalue weighted by molar-refractivity contribution is 0.0634. The van der Waals surface area contributed by atoms with E-state index in [9.17, 15) is 14.8 Å². The number of rotatable bonds is 3.